The predicted octanol–water partition coefficient (Wildman–Crippen LogP) is 0.158. The van der Waals surface area contributed by atoms with E-state index in [1.807, 2.05) is 0 Å². The molecule has 0 aromatic rings. The molecule has 1 heterocycles. The Morgan fingerprint density at radius 2 is 2.25 bits per heavy atom. The largest absolute Gasteiger partial charge is 0.390 e. The van der Waals surface area contributed by atoms with Crippen molar-refractivity contribution in [2.45, 2.75) is 18.9 Å². The molecule has 0 amide bonds. The maximum atomic E-state index is 9.19. The molecule has 2 fully saturated rings. The van der Waals surface area contributed by atoms with E-state index in [4.69, 9.17) is 4.74 Å². The monoisotopic (exact) mass is 114 g/mol. The molecule has 2 heteroatoms. The van der Waals surface area contributed by atoms with E-state index in [2.05, 4.69) is 0 Å². The average Bonchev–Trinajstić information content (AvgIpc) is 2.39. The van der Waals surface area contributed by atoms with Gasteiger partial charge in [-0.1, -0.05) is 0 Å². The Bertz CT molecular complexity index is 107. The van der Waals surface area contributed by atoms with Gasteiger partial charge in [-0.05, 0) is 12.8 Å². The first-order valence-electron chi connectivity index (χ1n) is 3.09. The topological polar surface area (TPSA) is 29.5 Å². The zero-order chi connectivity index (χ0) is 5.61. The van der Waals surface area contributed by atoms with Gasteiger partial charge in [-0.2, -0.15) is 0 Å². The van der Waals surface area contributed by atoms with Gasteiger partial charge in [0.05, 0.1) is 19.3 Å². The van der Waals surface area contributed by atoms with Crippen LogP contribution in [-0.2, 0) is 4.74 Å². The van der Waals surface area contributed by atoms with Crippen molar-refractivity contribution >= 4 is 0 Å². The summed E-state index contributed by atoms with van der Waals surface area (Å²) < 4.78 is 5.08. The fraction of sp³-hybridized carbons (Fsp3) is 1.00. The van der Waals surface area contributed by atoms with Gasteiger partial charge in [-0.15, -0.1) is 0 Å². The molecule has 0 radical (unpaired) electrons. The molecule has 2 aliphatic rings. The molecule has 0 aromatic carbocycles. The van der Waals surface area contributed by atoms with Gasteiger partial charge >= 0.3 is 0 Å². The maximum absolute atomic E-state index is 9.19. The third-order valence-corrected chi connectivity index (χ3v) is 2.26. The van der Waals surface area contributed by atoms with Crippen LogP contribution in [0, 0.1) is 5.41 Å². The lowest BCUT2D eigenvalue weighted by atomic mass is 10.0. The Morgan fingerprint density at radius 3 is 2.50 bits per heavy atom. The normalized spacial score (nSPS) is 40.9. The Kier molecular flexibility index (Phi) is 0.746. The minimum absolute atomic E-state index is 0.150. The summed E-state index contributed by atoms with van der Waals surface area (Å²) in [5, 5.41) is 9.19. The average molecular weight is 114 g/mol. The van der Waals surface area contributed by atoms with Gasteiger partial charge in [0, 0.05) is 5.41 Å². The van der Waals surface area contributed by atoms with Crippen LogP contribution in [0.5, 0.6) is 0 Å². The first kappa shape index (κ1) is 4.77. The van der Waals surface area contributed by atoms with Crippen LogP contribution in [0.3, 0.4) is 0 Å². The van der Waals surface area contributed by atoms with Crippen molar-refractivity contribution in [3.63, 3.8) is 0 Å². The van der Waals surface area contributed by atoms with Crippen LogP contribution in [0.4, 0.5) is 0 Å². The highest BCUT2D eigenvalue weighted by molar-refractivity contribution is 5.01. The van der Waals surface area contributed by atoms with Gasteiger partial charge in [0.2, 0.25) is 0 Å². The van der Waals surface area contributed by atoms with E-state index in [1.54, 1.807) is 0 Å². The van der Waals surface area contributed by atoms with Crippen LogP contribution >= 0.6 is 0 Å². The third kappa shape index (κ3) is 0.446. The van der Waals surface area contributed by atoms with Crippen molar-refractivity contribution in [2.24, 2.45) is 5.41 Å². The highest BCUT2D eigenvalue weighted by Gasteiger charge is 2.52. The molecular formula is C6H10O2. The van der Waals surface area contributed by atoms with Crippen LogP contribution in [0.2, 0.25) is 0 Å². The molecule has 1 aliphatic heterocycles. The summed E-state index contributed by atoms with van der Waals surface area (Å²) in [5.41, 5.74) is 0.236. The molecule has 1 saturated heterocycles. The van der Waals surface area contributed by atoms with E-state index >= 15 is 0 Å². The van der Waals surface area contributed by atoms with Crippen molar-refractivity contribution in [1.82, 2.24) is 0 Å². The van der Waals surface area contributed by atoms with Crippen molar-refractivity contribution in [3.8, 4) is 0 Å². The summed E-state index contributed by atoms with van der Waals surface area (Å²) in [7, 11) is 0. The number of hydrogen-bond acceptors (Lipinski definition) is 2. The van der Waals surface area contributed by atoms with Gasteiger partial charge in [0.15, 0.2) is 0 Å². The summed E-state index contributed by atoms with van der Waals surface area (Å²) in [4.78, 5) is 0. The maximum Gasteiger partial charge on any atom is 0.0851 e. The Hall–Kier alpha value is -0.0800. The fourth-order valence-corrected chi connectivity index (χ4v) is 1.28. The molecule has 1 saturated carbocycles. The summed E-state index contributed by atoms with van der Waals surface area (Å²) in [6, 6.07) is 0. The van der Waals surface area contributed by atoms with Crippen molar-refractivity contribution in [1.29, 1.82) is 0 Å². The molecule has 0 bridgehead atoms. The highest BCUT2D eigenvalue weighted by Crippen LogP contribution is 2.51. The first-order chi connectivity index (χ1) is 3.83. The van der Waals surface area contributed by atoms with Crippen molar-refractivity contribution < 1.29 is 9.84 Å². The van der Waals surface area contributed by atoms with E-state index in [9.17, 15) is 5.11 Å². The predicted molar refractivity (Wildman–Crippen MR) is 28.5 cm³/mol. The zero-order valence-electron chi connectivity index (χ0n) is 4.76. The molecule has 1 N–H and O–H groups in total. The molecule has 2 nitrogen and oxygen atoms in total. The Morgan fingerprint density at radius 1 is 1.50 bits per heavy atom. The summed E-state index contributed by atoms with van der Waals surface area (Å²) >= 11 is 0. The Labute approximate surface area is 48.5 Å². The number of aliphatic hydroxyl groups excluding tert-OH is 1. The molecule has 1 atom stereocenters. The highest BCUT2D eigenvalue weighted by atomic mass is 16.5. The smallest absolute Gasteiger partial charge is 0.0851 e. The lowest BCUT2D eigenvalue weighted by Gasteiger charge is -2.05. The van der Waals surface area contributed by atoms with E-state index < -0.39 is 0 Å². The molecule has 0 aromatic heterocycles. The first-order valence-corrected chi connectivity index (χ1v) is 3.09. The number of ether oxygens (including phenoxy) is 1. The molecular weight excluding hydrogens is 104 g/mol. The second kappa shape index (κ2) is 1.25. The lowest BCUT2D eigenvalue weighted by molar-refractivity contribution is 0.114. The standard InChI is InChI=1S/C6H10O2/c7-5-3-8-4-6(5)1-2-6/h5,7H,1-4H2/t5-/m0/s1. The molecule has 1 spiro atoms. The molecule has 46 valence electrons. The number of rotatable bonds is 0. The summed E-state index contributed by atoms with van der Waals surface area (Å²) in [5.74, 6) is 0. The van der Waals surface area contributed by atoms with Crippen molar-refractivity contribution in [3.05, 3.63) is 0 Å². The second-order valence-corrected chi connectivity index (χ2v) is 2.89. The zero-order valence-corrected chi connectivity index (χ0v) is 4.76. The van der Waals surface area contributed by atoms with Gasteiger partial charge in [0.25, 0.3) is 0 Å². The van der Waals surface area contributed by atoms with Crippen LogP contribution < -0.4 is 0 Å². The minimum atomic E-state index is -0.150. The van der Waals surface area contributed by atoms with Crippen LogP contribution in [0.15, 0.2) is 0 Å². The SMILES string of the molecule is O[C@H]1COCC12CC2. The molecule has 1 aliphatic carbocycles. The van der Waals surface area contributed by atoms with Gasteiger partial charge in [0.1, 0.15) is 0 Å². The van der Waals surface area contributed by atoms with Gasteiger partial charge in [-0.3, -0.25) is 0 Å². The molecule has 0 unspecified atom stereocenters. The lowest BCUT2D eigenvalue weighted by Crippen LogP contribution is -2.18. The van der Waals surface area contributed by atoms with Crippen LogP contribution in [0.25, 0.3) is 0 Å². The van der Waals surface area contributed by atoms with Crippen molar-refractivity contribution in [2.75, 3.05) is 13.2 Å². The summed E-state index contributed by atoms with van der Waals surface area (Å²) in [6.07, 6.45) is 2.20. The van der Waals surface area contributed by atoms with E-state index in [0.29, 0.717) is 6.61 Å². The number of hydrogen-bond donors (Lipinski definition) is 1. The Balaban J connectivity index is 2.12. The molecule has 8 heavy (non-hydrogen) atoms. The van der Waals surface area contributed by atoms with Gasteiger partial charge < -0.3 is 9.84 Å². The second-order valence-electron chi connectivity index (χ2n) is 2.89. The van der Waals surface area contributed by atoms with E-state index in [1.165, 1.54) is 12.8 Å². The quantitative estimate of drug-likeness (QED) is 0.486. The summed E-state index contributed by atoms with van der Waals surface area (Å²) in [6.45, 7) is 1.37. The van der Waals surface area contributed by atoms with E-state index in [-0.39, 0.29) is 11.5 Å². The fourth-order valence-electron chi connectivity index (χ4n) is 1.28. The third-order valence-electron chi connectivity index (χ3n) is 2.26. The van der Waals surface area contributed by atoms with Crippen LogP contribution in [0.1, 0.15) is 12.8 Å². The number of aliphatic hydroxyl groups is 1. The van der Waals surface area contributed by atoms with E-state index in [0.717, 1.165) is 6.61 Å². The minimum Gasteiger partial charge on any atom is -0.390 e. The van der Waals surface area contributed by atoms with Crippen LogP contribution in [-0.4, -0.2) is 24.4 Å². The molecule has 2 rings (SSSR count). The van der Waals surface area contributed by atoms with Gasteiger partial charge in [-0.25, -0.2) is 0 Å².